The van der Waals surface area contributed by atoms with Gasteiger partial charge in [0.05, 0.1) is 17.1 Å². The third kappa shape index (κ3) is 2.95. The molecule has 0 aliphatic carbocycles. The third-order valence-electron chi connectivity index (χ3n) is 5.03. The second-order valence-electron chi connectivity index (χ2n) is 6.78. The van der Waals surface area contributed by atoms with Crippen molar-refractivity contribution in [3.63, 3.8) is 0 Å². The van der Waals surface area contributed by atoms with Crippen molar-refractivity contribution in [2.45, 2.75) is 18.9 Å². The first-order chi connectivity index (χ1) is 13.3. The Balaban J connectivity index is 1.36. The summed E-state index contributed by atoms with van der Waals surface area (Å²) >= 11 is 0. The predicted molar refractivity (Wildman–Crippen MR) is 101 cm³/mol. The molecule has 7 heteroatoms. The minimum atomic E-state index is -0.130. The molecule has 1 atom stereocenters. The predicted octanol–water partition coefficient (Wildman–Crippen LogP) is 3.70. The number of rotatable bonds is 2. The first-order valence-corrected chi connectivity index (χ1v) is 9.20. The van der Waals surface area contributed by atoms with E-state index in [1.165, 1.54) is 0 Å². The first-order valence-electron chi connectivity index (χ1n) is 9.20. The number of nitrogens with one attached hydrogen (secondary N) is 2. The van der Waals surface area contributed by atoms with Gasteiger partial charge in [0.1, 0.15) is 19.0 Å². The average Bonchev–Trinajstić information content (AvgIpc) is 3.34. The van der Waals surface area contributed by atoms with Crippen LogP contribution in [0.1, 0.15) is 24.7 Å². The molecule has 2 aliphatic rings. The number of amides is 2. The van der Waals surface area contributed by atoms with Crippen LogP contribution in [-0.4, -0.2) is 40.7 Å². The summed E-state index contributed by atoms with van der Waals surface area (Å²) in [7, 11) is 0. The van der Waals surface area contributed by atoms with Gasteiger partial charge in [-0.05, 0) is 37.1 Å². The topological polar surface area (TPSA) is 79.5 Å². The normalized spacial score (nSPS) is 18.7. The Morgan fingerprint density at radius 1 is 1.15 bits per heavy atom. The zero-order chi connectivity index (χ0) is 18.2. The van der Waals surface area contributed by atoms with Gasteiger partial charge in [0.15, 0.2) is 11.5 Å². The van der Waals surface area contributed by atoms with Gasteiger partial charge < -0.3 is 24.7 Å². The number of carbonyl (C=O) groups is 1. The highest BCUT2D eigenvalue weighted by atomic mass is 16.6. The van der Waals surface area contributed by atoms with Gasteiger partial charge in [0.2, 0.25) is 0 Å². The summed E-state index contributed by atoms with van der Waals surface area (Å²) in [5.74, 6) is 2.21. The first kappa shape index (κ1) is 16.0. The molecule has 0 unspecified atom stereocenters. The maximum Gasteiger partial charge on any atom is 0.322 e. The molecule has 3 aromatic rings. The number of para-hydroxylation sites is 2. The number of aromatic amines is 1. The Bertz CT molecular complexity index is 967. The van der Waals surface area contributed by atoms with E-state index in [-0.39, 0.29) is 12.1 Å². The Kier molecular flexibility index (Phi) is 3.85. The number of aromatic nitrogens is 2. The van der Waals surface area contributed by atoms with Crippen molar-refractivity contribution in [1.29, 1.82) is 0 Å². The van der Waals surface area contributed by atoms with Gasteiger partial charge in [-0.1, -0.05) is 12.1 Å². The lowest BCUT2D eigenvalue weighted by atomic mass is 10.2. The summed E-state index contributed by atoms with van der Waals surface area (Å²) in [6.07, 6.45) is 1.85. The molecule has 2 aliphatic heterocycles. The van der Waals surface area contributed by atoms with E-state index in [1.54, 1.807) is 6.07 Å². The maximum atomic E-state index is 12.9. The summed E-state index contributed by atoms with van der Waals surface area (Å²) in [5, 5.41) is 2.98. The number of nitrogens with zero attached hydrogens (tertiary/aromatic N) is 2. The fraction of sp³-hybridized carbons (Fsp3) is 0.300. The minimum absolute atomic E-state index is 0.0467. The fourth-order valence-electron chi connectivity index (χ4n) is 3.74. The van der Waals surface area contributed by atoms with Crippen LogP contribution in [0.2, 0.25) is 0 Å². The maximum absolute atomic E-state index is 12.9. The molecule has 1 aromatic heterocycles. The Morgan fingerprint density at radius 3 is 2.89 bits per heavy atom. The third-order valence-corrected chi connectivity index (χ3v) is 5.03. The van der Waals surface area contributed by atoms with Crippen LogP contribution in [-0.2, 0) is 0 Å². The van der Waals surface area contributed by atoms with Crippen LogP contribution < -0.4 is 14.8 Å². The van der Waals surface area contributed by atoms with Gasteiger partial charge >= 0.3 is 6.03 Å². The Morgan fingerprint density at radius 2 is 2.00 bits per heavy atom. The quantitative estimate of drug-likeness (QED) is 0.727. The number of benzene rings is 2. The number of likely N-dealkylation sites (tertiary alicyclic amines) is 1. The highest BCUT2D eigenvalue weighted by Gasteiger charge is 2.32. The summed E-state index contributed by atoms with van der Waals surface area (Å²) in [4.78, 5) is 22.8. The van der Waals surface area contributed by atoms with Crippen LogP contribution in [0, 0.1) is 0 Å². The molecule has 3 heterocycles. The van der Waals surface area contributed by atoms with Crippen molar-refractivity contribution >= 4 is 22.8 Å². The second kappa shape index (κ2) is 6.50. The lowest BCUT2D eigenvalue weighted by Crippen LogP contribution is -2.34. The SMILES string of the molecule is O=C(Nc1ccc2c(c1)OCCO2)N1CCC[C@H]1c1nc2ccccc2[nH]1. The van der Waals surface area contributed by atoms with E-state index in [9.17, 15) is 4.79 Å². The van der Waals surface area contributed by atoms with Crippen molar-refractivity contribution in [1.82, 2.24) is 14.9 Å². The summed E-state index contributed by atoms with van der Waals surface area (Å²) in [5.41, 5.74) is 2.61. The number of hydrogen-bond donors (Lipinski definition) is 2. The van der Waals surface area contributed by atoms with Gasteiger partial charge in [0, 0.05) is 18.3 Å². The van der Waals surface area contributed by atoms with E-state index in [1.807, 2.05) is 41.3 Å². The molecular weight excluding hydrogens is 344 g/mol. The summed E-state index contributed by atoms with van der Waals surface area (Å²) in [6, 6.07) is 13.2. The number of carbonyl (C=O) groups excluding carboxylic acids is 1. The van der Waals surface area contributed by atoms with Crippen molar-refractivity contribution < 1.29 is 14.3 Å². The van der Waals surface area contributed by atoms with Crippen molar-refractivity contribution in [3.05, 3.63) is 48.3 Å². The van der Waals surface area contributed by atoms with E-state index >= 15 is 0 Å². The monoisotopic (exact) mass is 364 g/mol. The van der Waals surface area contributed by atoms with Gasteiger partial charge in [0.25, 0.3) is 0 Å². The van der Waals surface area contributed by atoms with Crippen LogP contribution in [0.5, 0.6) is 11.5 Å². The molecular formula is C20H20N4O3. The number of imidazole rings is 1. The van der Waals surface area contributed by atoms with Crippen LogP contribution in [0.3, 0.4) is 0 Å². The van der Waals surface area contributed by atoms with E-state index in [0.29, 0.717) is 36.9 Å². The zero-order valence-electron chi connectivity index (χ0n) is 14.8. The number of anilines is 1. The number of H-pyrrole nitrogens is 1. The molecule has 1 fully saturated rings. The van der Waals surface area contributed by atoms with Crippen LogP contribution in [0.4, 0.5) is 10.5 Å². The molecule has 0 radical (unpaired) electrons. The molecule has 5 rings (SSSR count). The van der Waals surface area contributed by atoms with Gasteiger partial charge in [-0.25, -0.2) is 9.78 Å². The van der Waals surface area contributed by atoms with E-state index in [4.69, 9.17) is 9.47 Å². The van der Waals surface area contributed by atoms with E-state index in [0.717, 1.165) is 29.7 Å². The van der Waals surface area contributed by atoms with Gasteiger partial charge in [-0.2, -0.15) is 0 Å². The molecule has 2 amide bonds. The summed E-state index contributed by atoms with van der Waals surface area (Å²) < 4.78 is 11.1. The molecule has 0 saturated carbocycles. The zero-order valence-corrected chi connectivity index (χ0v) is 14.8. The Hall–Kier alpha value is -3.22. The van der Waals surface area contributed by atoms with E-state index < -0.39 is 0 Å². The highest BCUT2D eigenvalue weighted by Crippen LogP contribution is 2.34. The minimum Gasteiger partial charge on any atom is -0.486 e. The Labute approximate surface area is 156 Å². The number of ether oxygens (including phenoxy) is 2. The molecule has 2 N–H and O–H groups in total. The standard InChI is InChI=1S/C20H20N4O3/c25-20(21-13-7-8-17-18(12-13)27-11-10-26-17)24-9-3-6-16(24)19-22-14-4-1-2-5-15(14)23-19/h1-2,4-5,7-8,12,16H,3,6,9-11H2,(H,21,25)(H,22,23)/t16-/m0/s1. The molecule has 138 valence electrons. The van der Waals surface area contributed by atoms with Crippen LogP contribution >= 0.6 is 0 Å². The molecule has 0 spiro atoms. The molecule has 2 aromatic carbocycles. The largest absolute Gasteiger partial charge is 0.486 e. The number of hydrogen-bond acceptors (Lipinski definition) is 4. The van der Waals surface area contributed by atoms with E-state index in [2.05, 4.69) is 15.3 Å². The fourth-order valence-corrected chi connectivity index (χ4v) is 3.74. The molecule has 7 nitrogen and oxygen atoms in total. The molecule has 1 saturated heterocycles. The van der Waals surface area contributed by atoms with Crippen molar-refractivity contribution in [2.24, 2.45) is 0 Å². The van der Waals surface area contributed by atoms with Gasteiger partial charge in [-0.3, -0.25) is 0 Å². The smallest absolute Gasteiger partial charge is 0.322 e. The van der Waals surface area contributed by atoms with Gasteiger partial charge in [-0.15, -0.1) is 0 Å². The second-order valence-corrected chi connectivity index (χ2v) is 6.78. The average molecular weight is 364 g/mol. The van der Waals surface area contributed by atoms with Crippen molar-refractivity contribution in [2.75, 3.05) is 25.1 Å². The number of fused-ring (bicyclic) bond motifs is 2. The number of urea groups is 1. The van der Waals surface area contributed by atoms with Crippen LogP contribution in [0.25, 0.3) is 11.0 Å². The summed E-state index contributed by atoms with van der Waals surface area (Å²) in [6.45, 7) is 1.77. The molecule has 27 heavy (non-hydrogen) atoms. The molecule has 0 bridgehead atoms. The highest BCUT2D eigenvalue weighted by molar-refractivity contribution is 5.90. The van der Waals surface area contributed by atoms with Crippen LogP contribution in [0.15, 0.2) is 42.5 Å². The van der Waals surface area contributed by atoms with Crippen molar-refractivity contribution in [3.8, 4) is 11.5 Å². The lowest BCUT2D eigenvalue weighted by molar-refractivity contribution is 0.171. The lowest BCUT2D eigenvalue weighted by Gasteiger charge is -2.24.